The Balaban J connectivity index is 0. The smallest absolute Gasteiger partial charge is 0.320 e. The molecule has 2 unspecified atom stereocenters. The van der Waals surface area contributed by atoms with E-state index >= 15 is 0 Å². The first-order valence-corrected chi connectivity index (χ1v) is 5.54. The third-order valence-corrected chi connectivity index (χ3v) is 2.02. The molecule has 0 aromatic carbocycles. The van der Waals surface area contributed by atoms with Crippen molar-refractivity contribution in [3.8, 4) is 0 Å². The van der Waals surface area contributed by atoms with Gasteiger partial charge in [-0.15, -0.1) is 0 Å². The van der Waals surface area contributed by atoms with Gasteiger partial charge in [-0.25, -0.2) is 0 Å². The summed E-state index contributed by atoms with van der Waals surface area (Å²) in [6, 6.07) is -1.90. The molecule has 0 aliphatic carbocycles. The summed E-state index contributed by atoms with van der Waals surface area (Å²) in [6.45, 7) is 0. The van der Waals surface area contributed by atoms with Gasteiger partial charge in [-0.2, -0.15) is 0 Å². The molecule has 9 N–H and O–H groups in total. The van der Waals surface area contributed by atoms with Crippen molar-refractivity contribution in [3.63, 3.8) is 0 Å². The van der Waals surface area contributed by atoms with Crippen molar-refractivity contribution in [1.82, 2.24) is 0 Å². The van der Waals surface area contributed by atoms with Crippen molar-refractivity contribution >= 4 is 23.8 Å². The second kappa shape index (κ2) is 10.7. The molecule has 0 saturated heterocycles. The average Bonchev–Trinajstić information content (AvgIpc) is 2.33. The van der Waals surface area contributed by atoms with Gasteiger partial charge in [0.1, 0.15) is 6.04 Å². The van der Waals surface area contributed by atoms with E-state index < -0.39 is 35.9 Å². The molecule has 116 valence electrons. The van der Waals surface area contributed by atoms with Gasteiger partial charge in [0, 0.05) is 12.8 Å². The molecule has 0 fully saturated rings. The van der Waals surface area contributed by atoms with Crippen LogP contribution in [0.3, 0.4) is 0 Å². The van der Waals surface area contributed by atoms with Crippen LogP contribution in [0.1, 0.15) is 25.7 Å². The van der Waals surface area contributed by atoms with Crippen molar-refractivity contribution in [3.05, 3.63) is 0 Å². The number of carbonyl (C=O) groups is 4. The van der Waals surface area contributed by atoms with Gasteiger partial charge in [0.25, 0.3) is 0 Å². The monoisotopic (exact) mass is 293 g/mol. The number of hydrogen-bond acceptors (Lipinski definition) is 6. The lowest BCUT2D eigenvalue weighted by Gasteiger charge is -2.02. The summed E-state index contributed by atoms with van der Waals surface area (Å²) in [5.74, 6) is -3.84. The van der Waals surface area contributed by atoms with Crippen molar-refractivity contribution in [2.45, 2.75) is 37.8 Å². The minimum absolute atomic E-state index is 0.0231. The van der Waals surface area contributed by atoms with Crippen molar-refractivity contribution < 1.29 is 34.5 Å². The lowest BCUT2D eigenvalue weighted by atomic mass is 10.1. The van der Waals surface area contributed by atoms with Gasteiger partial charge in [0.2, 0.25) is 5.91 Å². The highest BCUT2D eigenvalue weighted by Gasteiger charge is 2.12. The molecule has 0 spiro atoms. The fourth-order valence-electron chi connectivity index (χ4n) is 0.824. The number of carboxylic acids is 3. The lowest BCUT2D eigenvalue weighted by molar-refractivity contribution is -0.140. The van der Waals surface area contributed by atoms with E-state index in [4.69, 9.17) is 32.5 Å². The first-order chi connectivity index (χ1) is 9.07. The Labute approximate surface area is 114 Å². The predicted octanol–water partition coefficient (Wildman–Crippen LogP) is -2.07. The third kappa shape index (κ3) is 13.9. The molecule has 0 aliphatic heterocycles. The Bertz CT molecular complexity index is 325. The molecule has 2 atom stereocenters. The molecule has 0 saturated carbocycles. The van der Waals surface area contributed by atoms with E-state index in [9.17, 15) is 19.2 Å². The summed E-state index contributed by atoms with van der Waals surface area (Å²) in [5.41, 5.74) is 14.9. The molecule has 10 heteroatoms. The van der Waals surface area contributed by atoms with Gasteiger partial charge in [0.05, 0.1) is 6.04 Å². The number of nitrogens with two attached hydrogens (primary N) is 3. The second-order valence-corrected chi connectivity index (χ2v) is 3.82. The van der Waals surface area contributed by atoms with Crippen LogP contribution in [0.15, 0.2) is 0 Å². The standard InChI is InChI=1S/C5H10N2O3.C5H9NO4/c6-3(5(7)10)1-2-4(8)9;6-3(5(9)10)1-2-4(7)8/h3H,1-2,6H2,(H2,7,10)(H,8,9);3H,1-2,6H2,(H,7,8)(H,9,10). The fraction of sp³-hybridized carbons (Fsp3) is 0.600. The van der Waals surface area contributed by atoms with Crippen LogP contribution in [0.4, 0.5) is 0 Å². The van der Waals surface area contributed by atoms with E-state index in [0.717, 1.165) is 0 Å². The molecule has 0 bridgehead atoms. The Morgan fingerprint density at radius 1 is 0.800 bits per heavy atom. The summed E-state index contributed by atoms with van der Waals surface area (Å²) in [6.07, 6.45) is -0.243. The molecule has 0 aromatic heterocycles. The van der Waals surface area contributed by atoms with Crippen LogP contribution < -0.4 is 17.2 Å². The van der Waals surface area contributed by atoms with Crippen molar-refractivity contribution in [2.24, 2.45) is 17.2 Å². The van der Waals surface area contributed by atoms with E-state index in [1.54, 1.807) is 0 Å². The van der Waals surface area contributed by atoms with Crippen LogP contribution in [-0.2, 0) is 19.2 Å². The Kier molecular flexibility index (Phi) is 10.8. The number of carbonyl (C=O) groups excluding carboxylic acids is 1. The number of carboxylic acid groups (broad SMARTS) is 3. The van der Waals surface area contributed by atoms with Gasteiger partial charge in [0.15, 0.2) is 0 Å². The fourth-order valence-corrected chi connectivity index (χ4v) is 0.824. The molecular formula is C10H19N3O7. The van der Waals surface area contributed by atoms with Crippen LogP contribution in [0.5, 0.6) is 0 Å². The summed E-state index contributed by atoms with van der Waals surface area (Å²) >= 11 is 0. The number of hydrogen-bond donors (Lipinski definition) is 6. The first-order valence-electron chi connectivity index (χ1n) is 5.54. The van der Waals surface area contributed by atoms with Gasteiger partial charge in [-0.1, -0.05) is 0 Å². The highest BCUT2D eigenvalue weighted by molar-refractivity contribution is 5.80. The van der Waals surface area contributed by atoms with E-state index in [1.807, 2.05) is 0 Å². The topological polar surface area (TPSA) is 207 Å². The van der Waals surface area contributed by atoms with Crippen molar-refractivity contribution in [2.75, 3.05) is 0 Å². The Morgan fingerprint density at radius 2 is 1.15 bits per heavy atom. The number of amides is 1. The normalized spacial score (nSPS) is 12.5. The van der Waals surface area contributed by atoms with Crippen LogP contribution in [0.2, 0.25) is 0 Å². The third-order valence-electron chi connectivity index (χ3n) is 2.02. The van der Waals surface area contributed by atoms with E-state index in [1.165, 1.54) is 0 Å². The van der Waals surface area contributed by atoms with E-state index in [0.29, 0.717) is 0 Å². The molecule has 0 aromatic rings. The maximum absolute atomic E-state index is 10.2. The SMILES string of the molecule is NC(=O)C(N)CCC(=O)O.NC(CCC(=O)O)C(=O)O. The highest BCUT2D eigenvalue weighted by Crippen LogP contribution is 1.93. The van der Waals surface area contributed by atoms with Crippen LogP contribution >= 0.6 is 0 Å². The van der Waals surface area contributed by atoms with Crippen LogP contribution in [0.25, 0.3) is 0 Å². The largest absolute Gasteiger partial charge is 0.481 e. The van der Waals surface area contributed by atoms with Gasteiger partial charge >= 0.3 is 17.9 Å². The maximum Gasteiger partial charge on any atom is 0.320 e. The van der Waals surface area contributed by atoms with Gasteiger partial charge < -0.3 is 32.5 Å². The number of aliphatic carboxylic acids is 3. The summed E-state index contributed by atoms with van der Waals surface area (Å²) < 4.78 is 0. The molecule has 1 amide bonds. The lowest BCUT2D eigenvalue weighted by Crippen LogP contribution is -2.36. The minimum Gasteiger partial charge on any atom is -0.481 e. The average molecular weight is 293 g/mol. The molecule has 0 heterocycles. The number of rotatable bonds is 8. The van der Waals surface area contributed by atoms with E-state index in [2.05, 4.69) is 0 Å². The zero-order chi connectivity index (χ0) is 16.3. The second-order valence-electron chi connectivity index (χ2n) is 3.82. The summed E-state index contributed by atoms with van der Waals surface area (Å²) in [7, 11) is 0. The van der Waals surface area contributed by atoms with Gasteiger partial charge in [-0.05, 0) is 12.8 Å². The Hall–Kier alpha value is -2.20. The first kappa shape index (κ1) is 20.1. The predicted molar refractivity (Wildman–Crippen MR) is 66.5 cm³/mol. The zero-order valence-electron chi connectivity index (χ0n) is 10.7. The molecular weight excluding hydrogens is 274 g/mol. The maximum atomic E-state index is 10.2. The summed E-state index contributed by atoms with van der Waals surface area (Å²) in [5, 5.41) is 24.4. The number of primary amides is 1. The Morgan fingerprint density at radius 3 is 1.40 bits per heavy atom. The molecule has 10 nitrogen and oxygen atoms in total. The zero-order valence-corrected chi connectivity index (χ0v) is 10.7. The quantitative estimate of drug-likeness (QED) is 0.290. The van der Waals surface area contributed by atoms with Crippen LogP contribution in [-0.4, -0.2) is 51.2 Å². The highest BCUT2D eigenvalue weighted by atomic mass is 16.4. The van der Waals surface area contributed by atoms with E-state index in [-0.39, 0.29) is 25.7 Å². The molecule has 0 radical (unpaired) electrons. The minimum atomic E-state index is -1.17. The van der Waals surface area contributed by atoms with Gasteiger partial charge in [-0.3, -0.25) is 19.2 Å². The molecule has 20 heavy (non-hydrogen) atoms. The molecule has 0 aliphatic rings. The van der Waals surface area contributed by atoms with Crippen molar-refractivity contribution in [1.29, 1.82) is 0 Å². The van der Waals surface area contributed by atoms with Crippen LogP contribution in [0, 0.1) is 0 Å². The molecule has 0 rings (SSSR count). The summed E-state index contributed by atoms with van der Waals surface area (Å²) in [4.78, 5) is 40.0.